The van der Waals surface area contributed by atoms with E-state index in [-0.39, 0.29) is 0 Å². The fourth-order valence-electron chi connectivity index (χ4n) is 2.32. The molecule has 0 radical (unpaired) electrons. The van der Waals surface area contributed by atoms with Crippen LogP contribution in [0.5, 0.6) is 11.5 Å². The van der Waals surface area contributed by atoms with Gasteiger partial charge in [-0.05, 0) is 29.2 Å². The Bertz CT molecular complexity index is 554. The summed E-state index contributed by atoms with van der Waals surface area (Å²) in [4.78, 5) is 0. The van der Waals surface area contributed by atoms with Crippen molar-refractivity contribution in [2.24, 2.45) is 0 Å². The van der Waals surface area contributed by atoms with Crippen molar-refractivity contribution in [1.29, 1.82) is 0 Å². The Kier molecular flexibility index (Phi) is 5.64. The average molecular weight is 285 g/mol. The summed E-state index contributed by atoms with van der Waals surface area (Å²) in [5, 5.41) is 3.49. The van der Waals surface area contributed by atoms with E-state index in [2.05, 4.69) is 42.6 Å². The van der Waals surface area contributed by atoms with Gasteiger partial charge in [-0.1, -0.05) is 43.3 Å². The van der Waals surface area contributed by atoms with E-state index in [4.69, 9.17) is 9.47 Å². The fraction of sp³-hybridized carbons (Fsp3) is 0.333. The molecule has 112 valence electrons. The summed E-state index contributed by atoms with van der Waals surface area (Å²) in [6.07, 6.45) is 0. The van der Waals surface area contributed by atoms with Gasteiger partial charge in [-0.15, -0.1) is 0 Å². The SMILES string of the molecule is COc1ccc(CNC[C@@H](C)c2ccccc2)cc1OC. The van der Waals surface area contributed by atoms with E-state index in [1.165, 1.54) is 11.1 Å². The summed E-state index contributed by atoms with van der Waals surface area (Å²) >= 11 is 0. The van der Waals surface area contributed by atoms with Gasteiger partial charge in [0.25, 0.3) is 0 Å². The molecule has 0 bridgehead atoms. The second-order valence-electron chi connectivity index (χ2n) is 5.13. The normalized spacial score (nSPS) is 12.0. The second-order valence-corrected chi connectivity index (χ2v) is 5.13. The van der Waals surface area contributed by atoms with Crippen molar-refractivity contribution in [2.45, 2.75) is 19.4 Å². The number of ether oxygens (including phenoxy) is 2. The molecular formula is C18H23NO2. The lowest BCUT2D eigenvalue weighted by Gasteiger charge is -2.14. The van der Waals surface area contributed by atoms with Crippen molar-refractivity contribution in [2.75, 3.05) is 20.8 Å². The molecule has 0 aliphatic heterocycles. The molecule has 21 heavy (non-hydrogen) atoms. The van der Waals surface area contributed by atoms with Gasteiger partial charge in [-0.3, -0.25) is 0 Å². The predicted octanol–water partition coefficient (Wildman–Crippen LogP) is 3.60. The number of rotatable bonds is 7. The van der Waals surface area contributed by atoms with E-state index >= 15 is 0 Å². The van der Waals surface area contributed by atoms with Gasteiger partial charge in [0.15, 0.2) is 11.5 Å². The second kappa shape index (κ2) is 7.70. The topological polar surface area (TPSA) is 30.5 Å². The van der Waals surface area contributed by atoms with E-state index in [0.717, 1.165) is 24.6 Å². The number of hydrogen-bond acceptors (Lipinski definition) is 3. The molecule has 1 atom stereocenters. The smallest absolute Gasteiger partial charge is 0.161 e. The molecule has 0 unspecified atom stereocenters. The van der Waals surface area contributed by atoms with Gasteiger partial charge in [0.1, 0.15) is 0 Å². The molecule has 0 spiro atoms. The summed E-state index contributed by atoms with van der Waals surface area (Å²) < 4.78 is 10.6. The lowest BCUT2D eigenvalue weighted by atomic mass is 10.0. The molecule has 3 nitrogen and oxygen atoms in total. The minimum Gasteiger partial charge on any atom is -0.493 e. The van der Waals surface area contributed by atoms with Gasteiger partial charge in [0, 0.05) is 13.1 Å². The van der Waals surface area contributed by atoms with Crippen LogP contribution in [0.15, 0.2) is 48.5 Å². The van der Waals surface area contributed by atoms with Gasteiger partial charge in [0.05, 0.1) is 14.2 Å². The van der Waals surface area contributed by atoms with Gasteiger partial charge >= 0.3 is 0 Å². The molecule has 0 aliphatic carbocycles. The van der Waals surface area contributed by atoms with Crippen molar-refractivity contribution < 1.29 is 9.47 Å². The van der Waals surface area contributed by atoms with E-state index in [9.17, 15) is 0 Å². The fourth-order valence-corrected chi connectivity index (χ4v) is 2.32. The zero-order chi connectivity index (χ0) is 15.1. The highest BCUT2D eigenvalue weighted by Crippen LogP contribution is 2.27. The predicted molar refractivity (Wildman–Crippen MR) is 86.1 cm³/mol. The minimum absolute atomic E-state index is 0.492. The molecule has 0 aliphatic rings. The Labute approximate surface area is 126 Å². The number of hydrogen-bond donors (Lipinski definition) is 1. The van der Waals surface area contributed by atoms with Crippen LogP contribution in [0, 0.1) is 0 Å². The molecule has 2 aromatic rings. The van der Waals surface area contributed by atoms with Crippen LogP contribution in [-0.4, -0.2) is 20.8 Å². The molecule has 3 heteroatoms. The highest BCUT2D eigenvalue weighted by molar-refractivity contribution is 5.42. The summed E-state index contributed by atoms with van der Waals surface area (Å²) in [5.74, 6) is 2.03. The first kappa shape index (κ1) is 15.4. The van der Waals surface area contributed by atoms with Crippen LogP contribution in [0.25, 0.3) is 0 Å². The monoisotopic (exact) mass is 285 g/mol. The van der Waals surface area contributed by atoms with E-state index in [0.29, 0.717) is 5.92 Å². The minimum atomic E-state index is 0.492. The molecule has 1 N–H and O–H groups in total. The first-order valence-electron chi connectivity index (χ1n) is 7.21. The summed E-state index contributed by atoms with van der Waals surface area (Å²) in [5.41, 5.74) is 2.55. The molecule has 0 saturated heterocycles. The van der Waals surface area contributed by atoms with Crippen LogP contribution >= 0.6 is 0 Å². The summed E-state index contributed by atoms with van der Waals surface area (Å²) in [6, 6.07) is 16.6. The highest BCUT2D eigenvalue weighted by atomic mass is 16.5. The third-order valence-electron chi connectivity index (χ3n) is 3.60. The Balaban J connectivity index is 1.89. The maximum Gasteiger partial charge on any atom is 0.161 e. The van der Waals surface area contributed by atoms with Crippen molar-refractivity contribution >= 4 is 0 Å². The Hall–Kier alpha value is -2.00. The zero-order valence-corrected chi connectivity index (χ0v) is 12.9. The van der Waals surface area contributed by atoms with Crippen molar-refractivity contribution in [3.8, 4) is 11.5 Å². The van der Waals surface area contributed by atoms with Crippen LogP contribution in [0.4, 0.5) is 0 Å². The van der Waals surface area contributed by atoms with Crippen molar-refractivity contribution in [3.05, 3.63) is 59.7 Å². The molecular weight excluding hydrogens is 262 g/mol. The largest absolute Gasteiger partial charge is 0.493 e. The molecule has 0 heterocycles. The number of methoxy groups -OCH3 is 2. The van der Waals surface area contributed by atoms with E-state index < -0.39 is 0 Å². The van der Waals surface area contributed by atoms with Gasteiger partial charge < -0.3 is 14.8 Å². The third-order valence-corrected chi connectivity index (χ3v) is 3.60. The van der Waals surface area contributed by atoms with Crippen LogP contribution < -0.4 is 14.8 Å². The number of nitrogens with one attached hydrogen (secondary N) is 1. The Morgan fingerprint density at radius 2 is 1.67 bits per heavy atom. The summed E-state index contributed by atoms with van der Waals surface area (Å²) in [7, 11) is 3.31. The van der Waals surface area contributed by atoms with Crippen molar-refractivity contribution in [1.82, 2.24) is 5.32 Å². The van der Waals surface area contributed by atoms with Crippen LogP contribution in [0.2, 0.25) is 0 Å². The van der Waals surface area contributed by atoms with E-state index in [1.54, 1.807) is 14.2 Å². The highest BCUT2D eigenvalue weighted by Gasteiger charge is 2.06. The lowest BCUT2D eigenvalue weighted by Crippen LogP contribution is -2.19. The van der Waals surface area contributed by atoms with Crippen molar-refractivity contribution in [3.63, 3.8) is 0 Å². The molecule has 0 fully saturated rings. The maximum atomic E-state index is 5.32. The Morgan fingerprint density at radius 1 is 0.952 bits per heavy atom. The average Bonchev–Trinajstić information content (AvgIpc) is 2.55. The Morgan fingerprint density at radius 3 is 2.33 bits per heavy atom. The quantitative estimate of drug-likeness (QED) is 0.843. The molecule has 0 amide bonds. The zero-order valence-electron chi connectivity index (χ0n) is 12.9. The molecule has 2 aromatic carbocycles. The van der Waals surface area contributed by atoms with Gasteiger partial charge in [-0.25, -0.2) is 0 Å². The van der Waals surface area contributed by atoms with Crippen LogP contribution in [0.3, 0.4) is 0 Å². The third kappa shape index (κ3) is 4.23. The first-order chi connectivity index (χ1) is 10.2. The van der Waals surface area contributed by atoms with Crippen LogP contribution in [-0.2, 0) is 6.54 Å². The van der Waals surface area contributed by atoms with Gasteiger partial charge in [0.2, 0.25) is 0 Å². The van der Waals surface area contributed by atoms with Gasteiger partial charge in [-0.2, -0.15) is 0 Å². The van der Waals surface area contributed by atoms with E-state index in [1.807, 2.05) is 18.2 Å². The lowest BCUT2D eigenvalue weighted by molar-refractivity contribution is 0.354. The first-order valence-corrected chi connectivity index (χ1v) is 7.21. The summed E-state index contributed by atoms with van der Waals surface area (Å²) in [6.45, 7) is 3.99. The standard InChI is InChI=1S/C18H23NO2/c1-14(16-7-5-4-6-8-16)12-19-13-15-9-10-17(20-2)18(11-15)21-3/h4-11,14,19H,12-13H2,1-3H3/t14-/m1/s1. The molecule has 2 rings (SSSR count). The maximum absolute atomic E-state index is 5.32. The molecule has 0 saturated carbocycles. The molecule has 0 aromatic heterocycles. The van der Waals surface area contributed by atoms with Crippen LogP contribution in [0.1, 0.15) is 24.0 Å². The number of benzene rings is 2.